The second-order valence-corrected chi connectivity index (χ2v) is 8.49. The fourth-order valence-electron chi connectivity index (χ4n) is 4.68. The normalized spacial score (nSPS) is 30.2. The van der Waals surface area contributed by atoms with Crippen molar-refractivity contribution in [2.75, 3.05) is 39.8 Å². The van der Waals surface area contributed by atoms with E-state index in [0.717, 1.165) is 47.6 Å². The van der Waals surface area contributed by atoms with Crippen LogP contribution in [0, 0.1) is 17.8 Å². The Hall–Kier alpha value is -0.840. The molecule has 3 aliphatic rings. The van der Waals surface area contributed by atoms with Crippen LogP contribution in [0.3, 0.4) is 0 Å². The molecule has 1 saturated heterocycles. The quantitative estimate of drug-likeness (QED) is 0.711. The molecule has 1 aromatic carbocycles. The fourth-order valence-corrected chi connectivity index (χ4v) is 5.09. The number of fused-ring (bicyclic) bond motifs is 2. The van der Waals surface area contributed by atoms with Crippen molar-refractivity contribution < 1.29 is 4.74 Å². The second-order valence-electron chi connectivity index (χ2n) is 7.57. The topological polar surface area (TPSA) is 15.7 Å². The van der Waals surface area contributed by atoms with Crippen molar-refractivity contribution in [3.05, 3.63) is 40.4 Å². The summed E-state index contributed by atoms with van der Waals surface area (Å²) in [6.45, 7) is 7.01. The Kier molecular flexibility index (Phi) is 4.98. The van der Waals surface area contributed by atoms with Crippen LogP contribution in [0.5, 0.6) is 5.75 Å². The van der Waals surface area contributed by atoms with Crippen LogP contribution in [-0.2, 0) is 6.54 Å². The molecule has 2 bridgehead atoms. The van der Waals surface area contributed by atoms with Crippen molar-refractivity contribution in [3.8, 4) is 5.75 Å². The molecule has 0 aromatic heterocycles. The molecule has 0 spiro atoms. The van der Waals surface area contributed by atoms with E-state index < -0.39 is 0 Å². The summed E-state index contributed by atoms with van der Waals surface area (Å²) in [5.74, 6) is 3.68. The predicted molar refractivity (Wildman–Crippen MR) is 101 cm³/mol. The lowest BCUT2D eigenvalue weighted by Crippen LogP contribution is -2.47. The average Bonchev–Trinajstić information content (AvgIpc) is 3.20. The van der Waals surface area contributed by atoms with Gasteiger partial charge < -0.3 is 9.64 Å². The van der Waals surface area contributed by atoms with Gasteiger partial charge in [-0.3, -0.25) is 4.90 Å². The van der Waals surface area contributed by atoms with E-state index >= 15 is 0 Å². The molecule has 0 amide bonds. The highest BCUT2D eigenvalue weighted by molar-refractivity contribution is 9.10. The average molecular weight is 391 g/mol. The molecule has 1 saturated carbocycles. The molecule has 1 aliphatic heterocycles. The van der Waals surface area contributed by atoms with Gasteiger partial charge in [-0.2, -0.15) is 0 Å². The van der Waals surface area contributed by atoms with Crippen molar-refractivity contribution >= 4 is 15.9 Å². The van der Waals surface area contributed by atoms with Gasteiger partial charge in [-0.05, 0) is 48.8 Å². The van der Waals surface area contributed by atoms with Crippen LogP contribution in [0.2, 0.25) is 0 Å². The van der Waals surface area contributed by atoms with E-state index in [2.05, 4.69) is 50.0 Å². The van der Waals surface area contributed by atoms with E-state index in [1.165, 1.54) is 38.0 Å². The maximum Gasteiger partial charge on any atom is 0.123 e. The summed E-state index contributed by atoms with van der Waals surface area (Å²) >= 11 is 3.58. The molecule has 1 heterocycles. The van der Waals surface area contributed by atoms with Gasteiger partial charge in [0.2, 0.25) is 0 Å². The Balaban J connectivity index is 1.29. The first kappa shape index (κ1) is 16.6. The SMILES string of the molecule is COc1ccc(Br)cc1CN1CCN(C[C@H]2C[C@@H]3C=C[C@@H]2C3)CC1. The molecule has 4 rings (SSSR count). The summed E-state index contributed by atoms with van der Waals surface area (Å²) in [4.78, 5) is 5.25. The zero-order chi connectivity index (χ0) is 16.5. The lowest BCUT2D eigenvalue weighted by atomic mass is 9.93. The van der Waals surface area contributed by atoms with E-state index in [0.29, 0.717) is 0 Å². The third-order valence-electron chi connectivity index (χ3n) is 6.01. The third kappa shape index (κ3) is 3.56. The van der Waals surface area contributed by atoms with Gasteiger partial charge in [-0.15, -0.1) is 0 Å². The number of methoxy groups -OCH3 is 1. The lowest BCUT2D eigenvalue weighted by Gasteiger charge is -2.37. The summed E-state index contributed by atoms with van der Waals surface area (Å²) < 4.78 is 6.64. The van der Waals surface area contributed by atoms with Gasteiger partial charge >= 0.3 is 0 Å². The van der Waals surface area contributed by atoms with Gasteiger partial charge in [0.15, 0.2) is 0 Å². The highest BCUT2D eigenvalue weighted by atomic mass is 79.9. The maximum absolute atomic E-state index is 5.52. The molecule has 3 atom stereocenters. The standard InChI is InChI=1S/C20H27BrN2O/c1-24-20-5-4-19(21)12-18(20)14-23-8-6-22(7-9-23)13-17-11-15-2-3-16(17)10-15/h2-5,12,15-17H,6-11,13-14H2,1H3/t15-,16-,17-/m1/s1. The summed E-state index contributed by atoms with van der Waals surface area (Å²) in [5, 5.41) is 0. The van der Waals surface area contributed by atoms with Gasteiger partial charge in [0.05, 0.1) is 7.11 Å². The summed E-state index contributed by atoms with van der Waals surface area (Å²) in [5.41, 5.74) is 1.28. The Morgan fingerprint density at radius 3 is 2.54 bits per heavy atom. The number of piperazine rings is 1. The van der Waals surface area contributed by atoms with Crippen LogP contribution in [0.4, 0.5) is 0 Å². The summed E-state index contributed by atoms with van der Waals surface area (Å²) in [7, 11) is 1.76. The molecule has 1 aromatic rings. The fraction of sp³-hybridized carbons (Fsp3) is 0.600. The molecule has 24 heavy (non-hydrogen) atoms. The number of ether oxygens (including phenoxy) is 1. The van der Waals surface area contributed by atoms with E-state index in [4.69, 9.17) is 4.74 Å². The van der Waals surface area contributed by atoms with E-state index in [-0.39, 0.29) is 0 Å². The second kappa shape index (κ2) is 7.19. The number of allylic oxidation sites excluding steroid dienone is 2. The molecule has 3 nitrogen and oxygen atoms in total. The van der Waals surface area contributed by atoms with Crippen LogP contribution in [0.1, 0.15) is 18.4 Å². The first-order valence-electron chi connectivity index (χ1n) is 9.16. The zero-order valence-corrected chi connectivity index (χ0v) is 16.0. The zero-order valence-electron chi connectivity index (χ0n) is 14.5. The first-order chi connectivity index (χ1) is 11.7. The Bertz CT molecular complexity index is 610. The van der Waals surface area contributed by atoms with Crippen molar-refractivity contribution in [1.29, 1.82) is 0 Å². The monoisotopic (exact) mass is 390 g/mol. The number of hydrogen-bond donors (Lipinski definition) is 0. The van der Waals surface area contributed by atoms with Crippen LogP contribution >= 0.6 is 15.9 Å². The van der Waals surface area contributed by atoms with Crippen LogP contribution in [-0.4, -0.2) is 49.6 Å². The Labute approximate surface area is 153 Å². The largest absolute Gasteiger partial charge is 0.496 e. The smallest absolute Gasteiger partial charge is 0.123 e. The predicted octanol–water partition coefficient (Wildman–Crippen LogP) is 3.79. The summed E-state index contributed by atoms with van der Waals surface area (Å²) in [6.07, 6.45) is 7.78. The minimum Gasteiger partial charge on any atom is -0.496 e. The minimum absolute atomic E-state index is 0.874. The number of rotatable bonds is 5. The molecular weight excluding hydrogens is 364 g/mol. The van der Waals surface area contributed by atoms with Crippen molar-refractivity contribution in [2.45, 2.75) is 19.4 Å². The number of nitrogens with zero attached hydrogens (tertiary/aromatic N) is 2. The highest BCUT2D eigenvalue weighted by Crippen LogP contribution is 2.43. The highest BCUT2D eigenvalue weighted by Gasteiger charge is 2.36. The van der Waals surface area contributed by atoms with E-state index in [1.807, 2.05) is 6.07 Å². The number of benzene rings is 1. The van der Waals surface area contributed by atoms with Crippen molar-refractivity contribution in [1.82, 2.24) is 9.80 Å². The molecule has 0 radical (unpaired) electrons. The van der Waals surface area contributed by atoms with Crippen LogP contribution in [0.25, 0.3) is 0 Å². The van der Waals surface area contributed by atoms with Gasteiger partial charge in [0.25, 0.3) is 0 Å². The lowest BCUT2D eigenvalue weighted by molar-refractivity contribution is 0.108. The summed E-state index contributed by atoms with van der Waals surface area (Å²) in [6, 6.07) is 6.29. The first-order valence-corrected chi connectivity index (χ1v) is 9.96. The number of halogens is 1. The molecule has 2 fully saturated rings. The molecular formula is C20H27BrN2O. The van der Waals surface area contributed by atoms with E-state index in [1.54, 1.807) is 7.11 Å². The third-order valence-corrected chi connectivity index (χ3v) is 6.50. The molecule has 0 unspecified atom stereocenters. The Morgan fingerprint density at radius 1 is 1.08 bits per heavy atom. The van der Waals surface area contributed by atoms with Gasteiger partial charge in [-0.25, -0.2) is 0 Å². The molecule has 2 aliphatic carbocycles. The van der Waals surface area contributed by atoms with Crippen LogP contribution in [0.15, 0.2) is 34.8 Å². The van der Waals surface area contributed by atoms with Crippen LogP contribution < -0.4 is 4.74 Å². The van der Waals surface area contributed by atoms with Gasteiger partial charge in [0, 0.05) is 49.3 Å². The van der Waals surface area contributed by atoms with Gasteiger partial charge in [-0.1, -0.05) is 28.1 Å². The Morgan fingerprint density at radius 2 is 1.88 bits per heavy atom. The molecule has 4 heteroatoms. The van der Waals surface area contributed by atoms with Crippen molar-refractivity contribution in [2.24, 2.45) is 17.8 Å². The van der Waals surface area contributed by atoms with Crippen molar-refractivity contribution in [3.63, 3.8) is 0 Å². The minimum atomic E-state index is 0.874. The molecule has 130 valence electrons. The molecule has 0 N–H and O–H groups in total. The van der Waals surface area contributed by atoms with E-state index in [9.17, 15) is 0 Å². The number of hydrogen-bond acceptors (Lipinski definition) is 3. The maximum atomic E-state index is 5.52. The van der Waals surface area contributed by atoms with Gasteiger partial charge in [0.1, 0.15) is 5.75 Å².